The van der Waals surface area contributed by atoms with Gasteiger partial charge in [0.1, 0.15) is 0 Å². The number of thioether (sulfide) groups is 1. The second kappa shape index (κ2) is 7.35. The van der Waals surface area contributed by atoms with Crippen LogP contribution in [0.15, 0.2) is 35.3 Å². The molecule has 1 aromatic carbocycles. The largest absolute Gasteiger partial charge is 0.362 e. The molecule has 3 rings (SSSR count). The minimum Gasteiger partial charge on any atom is -0.362 e. The molecule has 2 nitrogen and oxygen atoms in total. The van der Waals surface area contributed by atoms with Crippen molar-refractivity contribution in [3.63, 3.8) is 0 Å². The number of rotatable bonds is 4. The van der Waals surface area contributed by atoms with Gasteiger partial charge in [-0.3, -0.25) is 4.99 Å². The van der Waals surface area contributed by atoms with E-state index >= 15 is 0 Å². The maximum absolute atomic E-state index is 4.91. The van der Waals surface area contributed by atoms with Crippen LogP contribution in [0.1, 0.15) is 57.1 Å². The summed E-state index contributed by atoms with van der Waals surface area (Å²) < 4.78 is 0. The van der Waals surface area contributed by atoms with Crippen LogP contribution < -0.4 is 5.32 Å². The summed E-state index contributed by atoms with van der Waals surface area (Å²) in [5, 5.41) is 4.92. The maximum atomic E-state index is 4.91. The SMILES string of the molecule is CCC(NC1=NC(c2ccccc2)CS1)C1CCCCC1. The van der Waals surface area contributed by atoms with Gasteiger partial charge in [-0.05, 0) is 30.7 Å². The Kier molecular flexibility index (Phi) is 5.23. The molecule has 1 fully saturated rings. The third kappa shape index (κ3) is 3.82. The Morgan fingerprint density at radius 2 is 1.95 bits per heavy atom. The zero-order chi connectivity index (χ0) is 14.5. The first-order chi connectivity index (χ1) is 10.4. The standard InChI is InChI=1S/C18H26N2S/c1-2-16(14-9-5-3-6-10-14)19-18-20-17(13-21-18)15-11-7-4-8-12-15/h4,7-8,11-12,14,16-17H,2-3,5-6,9-10,13H2,1H3,(H,19,20). The fraction of sp³-hybridized carbons (Fsp3) is 0.611. The summed E-state index contributed by atoms with van der Waals surface area (Å²) in [5.74, 6) is 1.93. The smallest absolute Gasteiger partial charge is 0.157 e. The van der Waals surface area contributed by atoms with Crippen LogP contribution in [0.4, 0.5) is 0 Å². The molecule has 0 amide bonds. The third-order valence-corrected chi connectivity index (χ3v) is 5.78. The highest BCUT2D eigenvalue weighted by atomic mass is 32.2. The van der Waals surface area contributed by atoms with Crippen molar-refractivity contribution < 1.29 is 0 Å². The average Bonchev–Trinajstić information content (AvgIpc) is 3.03. The Bertz CT molecular complexity index is 465. The van der Waals surface area contributed by atoms with E-state index in [1.807, 2.05) is 11.8 Å². The van der Waals surface area contributed by atoms with Gasteiger partial charge >= 0.3 is 0 Å². The number of amidine groups is 1. The van der Waals surface area contributed by atoms with Crippen molar-refractivity contribution in [2.24, 2.45) is 10.9 Å². The molecule has 1 N–H and O–H groups in total. The number of benzene rings is 1. The first-order valence-corrected chi connectivity index (χ1v) is 9.37. The highest BCUT2D eigenvalue weighted by molar-refractivity contribution is 8.14. The molecule has 3 heteroatoms. The van der Waals surface area contributed by atoms with E-state index in [9.17, 15) is 0 Å². The maximum Gasteiger partial charge on any atom is 0.157 e. The van der Waals surface area contributed by atoms with Crippen LogP contribution in [-0.2, 0) is 0 Å². The Morgan fingerprint density at radius 1 is 1.19 bits per heavy atom. The molecule has 1 aliphatic heterocycles. The molecule has 0 bridgehead atoms. The Labute approximate surface area is 132 Å². The number of nitrogens with zero attached hydrogens (tertiary/aromatic N) is 1. The topological polar surface area (TPSA) is 24.4 Å². The van der Waals surface area contributed by atoms with Crippen LogP contribution in [0.3, 0.4) is 0 Å². The van der Waals surface area contributed by atoms with E-state index in [1.165, 1.54) is 49.3 Å². The summed E-state index contributed by atoms with van der Waals surface area (Å²) in [6, 6.07) is 11.6. The monoisotopic (exact) mass is 302 g/mol. The van der Waals surface area contributed by atoms with Gasteiger partial charge in [-0.1, -0.05) is 68.3 Å². The van der Waals surface area contributed by atoms with Crippen molar-refractivity contribution in [2.75, 3.05) is 5.75 Å². The summed E-state index contributed by atoms with van der Waals surface area (Å²) in [6.07, 6.45) is 8.25. The van der Waals surface area contributed by atoms with Crippen LogP contribution in [0.25, 0.3) is 0 Å². The number of aliphatic imine (C=N–C) groups is 1. The molecule has 0 aromatic heterocycles. The van der Waals surface area contributed by atoms with Gasteiger partial charge in [0.15, 0.2) is 5.17 Å². The molecule has 0 radical (unpaired) electrons. The normalized spacial score (nSPS) is 24.6. The van der Waals surface area contributed by atoms with Crippen LogP contribution >= 0.6 is 11.8 Å². The van der Waals surface area contributed by atoms with E-state index in [2.05, 4.69) is 42.6 Å². The van der Waals surface area contributed by atoms with Crippen molar-refractivity contribution >= 4 is 16.9 Å². The molecule has 1 heterocycles. The van der Waals surface area contributed by atoms with E-state index in [4.69, 9.17) is 4.99 Å². The molecule has 21 heavy (non-hydrogen) atoms. The van der Waals surface area contributed by atoms with Crippen LogP contribution in [0, 0.1) is 5.92 Å². The number of hydrogen-bond acceptors (Lipinski definition) is 3. The average molecular weight is 302 g/mol. The van der Waals surface area contributed by atoms with E-state index in [0.29, 0.717) is 12.1 Å². The van der Waals surface area contributed by atoms with E-state index in [0.717, 1.165) is 11.7 Å². The molecule has 1 aliphatic carbocycles. The van der Waals surface area contributed by atoms with Crippen molar-refractivity contribution in [2.45, 2.75) is 57.5 Å². The minimum atomic E-state index is 0.336. The van der Waals surface area contributed by atoms with Crippen molar-refractivity contribution in [1.82, 2.24) is 5.32 Å². The van der Waals surface area contributed by atoms with E-state index < -0.39 is 0 Å². The lowest BCUT2D eigenvalue weighted by Crippen LogP contribution is -2.39. The molecule has 0 saturated heterocycles. The van der Waals surface area contributed by atoms with Gasteiger partial charge in [0.2, 0.25) is 0 Å². The summed E-state index contributed by atoms with van der Waals surface area (Å²) in [4.78, 5) is 4.91. The van der Waals surface area contributed by atoms with E-state index in [-0.39, 0.29) is 0 Å². The molecule has 0 spiro atoms. The Balaban J connectivity index is 1.61. The van der Waals surface area contributed by atoms with Gasteiger partial charge in [0.05, 0.1) is 6.04 Å². The van der Waals surface area contributed by atoms with Gasteiger partial charge in [-0.2, -0.15) is 0 Å². The lowest BCUT2D eigenvalue weighted by molar-refractivity contribution is 0.284. The van der Waals surface area contributed by atoms with Gasteiger partial charge in [0.25, 0.3) is 0 Å². The molecule has 2 atom stereocenters. The first-order valence-electron chi connectivity index (χ1n) is 8.39. The zero-order valence-corrected chi connectivity index (χ0v) is 13.7. The predicted molar refractivity (Wildman–Crippen MR) is 92.9 cm³/mol. The molecule has 1 saturated carbocycles. The fourth-order valence-electron chi connectivity index (χ4n) is 3.55. The summed E-state index contributed by atoms with van der Waals surface area (Å²) in [7, 11) is 0. The number of nitrogens with one attached hydrogen (secondary N) is 1. The highest BCUT2D eigenvalue weighted by Gasteiger charge is 2.26. The molecule has 2 unspecified atom stereocenters. The Morgan fingerprint density at radius 3 is 2.67 bits per heavy atom. The van der Waals surface area contributed by atoms with Gasteiger partial charge < -0.3 is 5.32 Å². The highest BCUT2D eigenvalue weighted by Crippen LogP contribution is 2.32. The van der Waals surface area contributed by atoms with Crippen LogP contribution in [0.2, 0.25) is 0 Å². The second-order valence-electron chi connectivity index (χ2n) is 6.23. The molecule has 2 aliphatic rings. The summed E-state index contributed by atoms with van der Waals surface area (Å²) in [6.45, 7) is 2.31. The lowest BCUT2D eigenvalue weighted by atomic mass is 9.83. The van der Waals surface area contributed by atoms with Crippen LogP contribution in [0.5, 0.6) is 0 Å². The Hall–Kier alpha value is -0.960. The number of hydrogen-bond donors (Lipinski definition) is 1. The van der Waals surface area contributed by atoms with Crippen molar-refractivity contribution in [3.8, 4) is 0 Å². The molecular formula is C18H26N2S. The molecule has 1 aromatic rings. The summed E-state index contributed by atoms with van der Waals surface area (Å²) >= 11 is 1.89. The van der Waals surface area contributed by atoms with Crippen molar-refractivity contribution in [1.29, 1.82) is 0 Å². The summed E-state index contributed by atoms with van der Waals surface area (Å²) in [5.41, 5.74) is 1.34. The van der Waals surface area contributed by atoms with Gasteiger partial charge in [-0.15, -0.1) is 0 Å². The van der Waals surface area contributed by atoms with Crippen molar-refractivity contribution in [3.05, 3.63) is 35.9 Å². The molecule has 114 valence electrons. The lowest BCUT2D eigenvalue weighted by Gasteiger charge is -2.30. The van der Waals surface area contributed by atoms with Crippen LogP contribution in [-0.4, -0.2) is 17.0 Å². The molecular weight excluding hydrogens is 276 g/mol. The van der Waals surface area contributed by atoms with Gasteiger partial charge in [-0.25, -0.2) is 0 Å². The zero-order valence-electron chi connectivity index (χ0n) is 12.9. The fourth-order valence-corrected chi connectivity index (χ4v) is 4.57. The van der Waals surface area contributed by atoms with Gasteiger partial charge in [0, 0.05) is 11.8 Å². The quantitative estimate of drug-likeness (QED) is 0.865. The first kappa shape index (κ1) is 15.0. The van der Waals surface area contributed by atoms with E-state index in [1.54, 1.807) is 0 Å². The third-order valence-electron chi connectivity index (χ3n) is 4.80. The minimum absolute atomic E-state index is 0.336. The second-order valence-corrected chi connectivity index (χ2v) is 7.24. The predicted octanol–water partition coefficient (Wildman–Crippen LogP) is 4.78.